The smallest absolute Gasteiger partial charge is 0.123 e. The monoisotopic (exact) mass is 244 g/mol. The molecule has 0 radical (unpaired) electrons. The lowest BCUT2D eigenvalue weighted by Crippen LogP contribution is -1.96. The molecule has 2 nitrogen and oxygen atoms in total. The molecule has 72 valence electrons. The molecule has 0 aliphatic heterocycles. The summed E-state index contributed by atoms with van der Waals surface area (Å²) in [6, 6.07) is 1.96. The second-order valence-corrected chi connectivity index (χ2v) is 3.96. The van der Waals surface area contributed by atoms with E-state index in [2.05, 4.69) is 15.9 Å². The molecule has 1 aromatic carbocycles. The minimum Gasteiger partial charge on any atom is -0.507 e. The summed E-state index contributed by atoms with van der Waals surface area (Å²) in [5, 5.41) is 18.6. The molecular formula is C10H13BrO2. The maximum Gasteiger partial charge on any atom is 0.123 e. The highest BCUT2D eigenvalue weighted by Gasteiger charge is 2.10. The Labute approximate surface area is 86.3 Å². The minimum absolute atomic E-state index is 0.0650. The summed E-state index contributed by atoms with van der Waals surface area (Å²) in [5.74, 6) is 0.293. The van der Waals surface area contributed by atoms with Crippen molar-refractivity contribution in [2.24, 2.45) is 0 Å². The second kappa shape index (κ2) is 4.11. The predicted molar refractivity (Wildman–Crippen MR) is 56.1 cm³/mol. The van der Waals surface area contributed by atoms with Gasteiger partial charge in [-0.2, -0.15) is 0 Å². The number of aliphatic hydroxyl groups is 1. The van der Waals surface area contributed by atoms with Crippen LogP contribution in [-0.4, -0.2) is 16.8 Å². The van der Waals surface area contributed by atoms with Crippen LogP contribution in [0.3, 0.4) is 0 Å². The number of rotatable bonds is 2. The zero-order chi connectivity index (χ0) is 10.0. The predicted octanol–water partition coefficient (Wildman–Crippen LogP) is 2.31. The van der Waals surface area contributed by atoms with Gasteiger partial charge in [0.2, 0.25) is 0 Å². The minimum atomic E-state index is 0.0650. The number of benzene rings is 1. The van der Waals surface area contributed by atoms with Gasteiger partial charge in [0, 0.05) is 16.6 Å². The molecule has 0 unspecified atom stereocenters. The fourth-order valence-electron chi connectivity index (χ4n) is 1.34. The Morgan fingerprint density at radius 3 is 2.54 bits per heavy atom. The van der Waals surface area contributed by atoms with Crippen molar-refractivity contribution in [3.05, 3.63) is 27.2 Å². The summed E-state index contributed by atoms with van der Waals surface area (Å²) in [4.78, 5) is 0. The van der Waals surface area contributed by atoms with Crippen LogP contribution in [0.15, 0.2) is 10.5 Å². The first-order chi connectivity index (χ1) is 6.07. The van der Waals surface area contributed by atoms with Gasteiger partial charge in [0.1, 0.15) is 5.75 Å². The van der Waals surface area contributed by atoms with E-state index in [-0.39, 0.29) is 6.61 Å². The highest BCUT2D eigenvalue weighted by Crippen LogP contribution is 2.31. The van der Waals surface area contributed by atoms with Crippen molar-refractivity contribution < 1.29 is 10.2 Å². The van der Waals surface area contributed by atoms with Crippen LogP contribution < -0.4 is 0 Å². The molecule has 0 saturated heterocycles. The summed E-state index contributed by atoms with van der Waals surface area (Å²) < 4.78 is 0.907. The molecule has 0 heterocycles. The van der Waals surface area contributed by atoms with Crippen molar-refractivity contribution in [1.82, 2.24) is 0 Å². The molecule has 0 fully saturated rings. The molecule has 0 bridgehead atoms. The van der Waals surface area contributed by atoms with E-state index in [4.69, 9.17) is 5.11 Å². The lowest BCUT2D eigenvalue weighted by Gasteiger charge is -2.11. The number of aromatic hydroxyl groups is 1. The third-order valence-electron chi connectivity index (χ3n) is 2.18. The first-order valence-corrected chi connectivity index (χ1v) is 4.95. The van der Waals surface area contributed by atoms with Gasteiger partial charge in [-0.1, -0.05) is 15.9 Å². The molecular weight excluding hydrogens is 232 g/mol. The summed E-state index contributed by atoms with van der Waals surface area (Å²) in [6.07, 6.45) is 0.506. The van der Waals surface area contributed by atoms with Crippen LogP contribution in [0.1, 0.15) is 16.7 Å². The van der Waals surface area contributed by atoms with Crippen LogP contribution in [0, 0.1) is 13.8 Å². The fourth-order valence-corrected chi connectivity index (χ4v) is 1.87. The number of phenolic OH excluding ortho intramolecular Hbond substituents is 1. The van der Waals surface area contributed by atoms with Crippen molar-refractivity contribution in [3.8, 4) is 5.75 Å². The lowest BCUT2D eigenvalue weighted by molar-refractivity contribution is 0.297. The maximum absolute atomic E-state index is 9.75. The fraction of sp³-hybridized carbons (Fsp3) is 0.400. The van der Waals surface area contributed by atoms with Crippen LogP contribution >= 0.6 is 15.9 Å². The third-order valence-corrected chi connectivity index (χ3v) is 3.00. The number of aliphatic hydroxyl groups excluding tert-OH is 1. The van der Waals surface area contributed by atoms with Crippen LogP contribution in [0.25, 0.3) is 0 Å². The van der Waals surface area contributed by atoms with Crippen molar-refractivity contribution >= 4 is 15.9 Å². The lowest BCUT2D eigenvalue weighted by atomic mass is 10.0. The molecule has 1 rings (SSSR count). The zero-order valence-electron chi connectivity index (χ0n) is 7.76. The van der Waals surface area contributed by atoms with Gasteiger partial charge in [-0.05, 0) is 37.5 Å². The Morgan fingerprint density at radius 1 is 1.38 bits per heavy atom. The Balaban J connectivity index is 3.26. The van der Waals surface area contributed by atoms with E-state index in [1.807, 2.05) is 19.9 Å². The molecule has 3 heteroatoms. The molecule has 0 aliphatic rings. The molecule has 0 amide bonds. The van der Waals surface area contributed by atoms with E-state index in [0.29, 0.717) is 12.2 Å². The van der Waals surface area contributed by atoms with E-state index in [1.54, 1.807) is 0 Å². The van der Waals surface area contributed by atoms with Gasteiger partial charge in [0.25, 0.3) is 0 Å². The second-order valence-electron chi connectivity index (χ2n) is 3.10. The molecule has 0 saturated carbocycles. The SMILES string of the molecule is Cc1cc(Br)c(C)c(O)c1CCO. The highest BCUT2D eigenvalue weighted by molar-refractivity contribution is 9.10. The topological polar surface area (TPSA) is 40.5 Å². The number of hydrogen-bond acceptors (Lipinski definition) is 2. The van der Waals surface area contributed by atoms with Gasteiger partial charge in [0.15, 0.2) is 0 Å². The molecule has 0 atom stereocenters. The average Bonchev–Trinajstić information content (AvgIpc) is 2.09. The number of hydrogen-bond donors (Lipinski definition) is 2. The van der Waals surface area contributed by atoms with Crippen LogP contribution in [0.2, 0.25) is 0 Å². The van der Waals surface area contributed by atoms with Gasteiger partial charge in [-0.15, -0.1) is 0 Å². The van der Waals surface area contributed by atoms with E-state index in [9.17, 15) is 5.11 Å². The highest BCUT2D eigenvalue weighted by atomic mass is 79.9. The van der Waals surface area contributed by atoms with E-state index >= 15 is 0 Å². The Kier molecular flexibility index (Phi) is 3.33. The quantitative estimate of drug-likeness (QED) is 0.839. The molecule has 0 aromatic heterocycles. The summed E-state index contributed by atoms with van der Waals surface area (Å²) in [5.41, 5.74) is 2.67. The normalized spacial score (nSPS) is 10.5. The summed E-state index contributed by atoms with van der Waals surface area (Å²) in [7, 11) is 0. The van der Waals surface area contributed by atoms with Crippen molar-refractivity contribution in [2.45, 2.75) is 20.3 Å². The number of aryl methyl sites for hydroxylation is 1. The van der Waals surface area contributed by atoms with Gasteiger partial charge in [0.05, 0.1) is 0 Å². The number of phenols is 1. The van der Waals surface area contributed by atoms with Crippen molar-refractivity contribution in [1.29, 1.82) is 0 Å². The Morgan fingerprint density at radius 2 is 2.00 bits per heavy atom. The Hall–Kier alpha value is -0.540. The van der Waals surface area contributed by atoms with Gasteiger partial charge < -0.3 is 10.2 Å². The van der Waals surface area contributed by atoms with E-state index in [0.717, 1.165) is 21.2 Å². The van der Waals surface area contributed by atoms with E-state index < -0.39 is 0 Å². The standard InChI is InChI=1S/C10H13BrO2/c1-6-5-9(11)7(2)10(13)8(6)3-4-12/h5,12-13H,3-4H2,1-2H3. The van der Waals surface area contributed by atoms with Gasteiger partial charge in [-0.25, -0.2) is 0 Å². The van der Waals surface area contributed by atoms with Crippen LogP contribution in [0.4, 0.5) is 0 Å². The first kappa shape index (κ1) is 10.5. The van der Waals surface area contributed by atoms with Gasteiger partial charge in [-0.3, -0.25) is 0 Å². The Bertz CT molecular complexity index is 321. The maximum atomic E-state index is 9.75. The third kappa shape index (κ3) is 2.03. The summed E-state index contributed by atoms with van der Waals surface area (Å²) in [6.45, 7) is 3.84. The molecule has 1 aromatic rings. The number of halogens is 1. The van der Waals surface area contributed by atoms with Crippen molar-refractivity contribution in [2.75, 3.05) is 6.61 Å². The van der Waals surface area contributed by atoms with Gasteiger partial charge >= 0.3 is 0 Å². The summed E-state index contributed by atoms with van der Waals surface area (Å²) >= 11 is 3.36. The van der Waals surface area contributed by atoms with Crippen LogP contribution in [-0.2, 0) is 6.42 Å². The zero-order valence-corrected chi connectivity index (χ0v) is 9.35. The first-order valence-electron chi connectivity index (χ1n) is 4.16. The van der Waals surface area contributed by atoms with Crippen molar-refractivity contribution in [3.63, 3.8) is 0 Å². The molecule has 13 heavy (non-hydrogen) atoms. The largest absolute Gasteiger partial charge is 0.507 e. The average molecular weight is 245 g/mol. The van der Waals surface area contributed by atoms with E-state index in [1.165, 1.54) is 0 Å². The molecule has 0 spiro atoms. The van der Waals surface area contributed by atoms with Crippen LogP contribution in [0.5, 0.6) is 5.75 Å². The molecule has 2 N–H and O–H groups in total. The molecule has 0 aliphatic carbocycles.